The zero-order valence-corrected chi connectivity index (χ0v) is 18.7. The van der Waals surface area contributed by atoms with Crippen molar-refractivity contribution in [2.45, 2.75) is 86.6 Å². The van der Waals surface area contributed by atoms with Gasteiger partial charge in [0.2, 0.25) is 0 Å². The van der Waals surface area contributed by atoms with Gasteiger partial charge in [-0.3, -0.25) is 0 Å². The van der Waals surface area contributed by atoms with Gasteiger partial charge in [-0.25, -0.2) is 0 Å². The van der Waals surface area contributed by atoms with Crippen molar-refractivity contribution in [3.05, 3.63) is 29.8 Å². The van der Waals surface area contributed by atoms with Gasteiger partial charge < -0.3 is 10.6 Å². The number of anilines is 1. The molecule has 142 valence electrons. The van der Waals surface area contributed by atoms with Crippen LogP contribution in [-0.4, -0.2) is 10.7 Å². The Morgan fingerprint density at radius 2 is 1.32 bits per heavy atom. The van der Waals surface area contributed by atoms with Gasteiger partial charge in [0.1, 0.15) is 0 Å². The molecule has 1 rings (SSSR count). The highest BCUT2D eigenvalue weighted by Crippen LogP contribution is 2.43. The molecule has 1 aromatic rings. The van der Waals surface area contributed by atoms with Gasteiger partial charge in [-0.1, -0.05) is 67.5 Å². The number of hydrogen-bond acceptors (Lipinski definition) is 1. The SMILES string of the molecule is CC(C)(CC(C)(C)C(C)(C)C)NC(=S)Nc1ccc(C(C)(C)C)cc1. The van der Waals surface area contributed by atoms with Gasteiger partial charge in [0.15, 0.2) is 5.11 Å². The summed E-state index contributed by atoms with van der Waals surface area (Å²) in [5.74, 6) is 0. The molecule has 2 N–H and O–H groups in total. The van der Waals surface area contributed by atoms with E-state index in [1.807, 2.05) is 0 Å². The first kappa shape index (κ1) is 22.0. The number of hydrogen-bond donors (Lipinski definition) is 2. The first-order chi connectivity index (χ1) is 11.0. The summed E-state index contributed by atoms with van der Waals surface area (Å²) < 4.78 is 0. The standard InChI is InChI=1S/C22H38N2S/c1-19(2,3)16-11-13-17(14-12-16)23-18(25)24-22(9,10)15-21(7,8)20(4,5)6/h11-14H,15H2,1-10H3,(H2,23,24,25). The lowest BCUT2D eigenvalue weighted by molar-refractivity contribution is 0.0886. The molecule has 0 aliphatic heterocycles. The maximum atomic E-state index is 5.55. The molecule has 0 spiro atoms. The normalized spacial score (nSPS) is 13.5. The molecule has 0 amide bonds. The molecule has 0 heterocycles. The topological polar surface area (TPSA) is 24.1 Å². The highest BCUT2D eigenvalue weighted by Gasteiger charge is 2.38. The van der Waals surface area contributed by atoms with Crippen molar-refractivity contribution in [3.8, 4) is 0 Å². The lowest BCUT2D eigenvalue weighted by Gasteiger charge is -2.44. The summed E-state index contributed by atoms with van der Waals surface area (Å²) in [5, 5.41) is 7.50. The second-order valence-corrected chi connectivity index (χ2v) is 11.0. The average molecular weight is 363 g/mol. The molecule has 0 aromatic heterocycles. The Morgan fingerprint density at radius 1 is 0.840 bits per heavy atom. The summed E-state index contributed by atoms with van der Waals surface area (Å²) in [6.07, 6.45) is 1.04. The van der Waals surface area contributed by atoms with Crippen LogP contribution in [0.25, 0.3) is 0 Å². The summed E-state index contributed by atoms with van der Waals surface area (Å²) in [7, 11) is 0. The van der Waals surface area contributed by atoms with Crippen molar-refractivity contribution >= 4 is 23.0 Å². The van der Waals surface area contributed by atoms with Gasteiger partial charge in [-0.2, -0.15) is 0 Å². The fourth-order valence-electron chi connectivity index (χ4n) is 2.94. The Labute approximate surface area is 161 Å². The van der Waals surface area contributed by atoms with Gasteiger partial charge in [0, 0.05) is 11.2 Å². The molecule has 3 heteroatoms. The van der Waals surface area contributed by atoms with Crippen molar-refractivity contribution in [3.63, 3.8) is 0 Å². The zero-order chi connectivity index (χ0) is 19.7. The maximum absolute atomic E-state index is 5.55. The molecule has 1 aromatic carbocycles. The number of rotatable bonds is 4. The lowest BCUT2D eigenvalue weighted by atomic mass is 9.64. The smallest absolute Gasteiger partial charge is 0.171 e. The van der Waals surface area contributed by atoms with Crippen LogP contribution in [0.4, 0.5) is 5.69 Å². The average Bonchev–Trinajstić information content (AvgIpc) is 2.34. The van der Waals surface area contributed by atoms with Gasteiger partial charge >= 0.3 is 0 Å². The van der Waals surface area contributed by atoms with E-state index in [9.17, 15) is 0 Å². The molecule has 0 bridgehead atoms. The van der Waals surface area contributed by atoms with E-state index < -0.39 is 0 Å². The van der Waals surface area contributed by atoms with E-state index >= 15 is 0 Å². The van der Waals surface area contributed by atoms with Crippen molar-refractivity contribution in [2.24, 2.45) is 10.8 Å². The molecule has 0 unspecified atom stereocenters. The molecule has 0 atom stereocenters. The van der Waals surface area contributed by atoms with Crippen molar-refractivity contribution in [1.29, 1.82) is 0 Å². The molecule has 0 saturated heterocycles. The summed E-state index contributed by atoms with van der Waals surface area (Å²) >= 11 is 5.55. The van der Waals surface area contributed by atoms with E-state index in [1.165, 1.54) is 5.56 Å². The fourth-order valence-corrected chi connectivity index (χ4v) is 3.33. The third kappa shape index (κ3) is 6.62. The first-order valence-corrected chi connectivity index (χ1v) is 9.64. The third-order valence-electron chi connectivity index (χ3n) is 5.37. The third-order valence-corrected chi connectivity index (χ3v) is 5.58. The number of nitrogens with one attached hydrogen (secondary N) is 2. The Hall–Kier alpha value is -1.09. The molecule has 0 fully saturated rings. The molecule has 0 aliphatic carbocycles. The largest absolute Gasteiger partial charge is 0.358 e. The number of thiocarbonyl (C=S) groups is 1. The summed E-state index contributed by atoms with van der Waals surface area (Å²) in [4.78, 5) is 0. The van der Waals surface area contributed by atoms with Gasteiger partial charge in [-0.15, -0.1) is 0 Å². The molecule has 2 nitrogen and oxygen atoms in total. The van der Waals surface area contributed by atoms with E-state index in [1.54, 1.807) is 0 Å². The first-order valence-electron chi connectivity index (χ1n) is 9.23. The molecule has 0 radical (unpaired) electrons. The zero-order valence-electron chi connectivity index (χ0n) is 17.9. The highest BCUT2D eigenvalue weighted by atomic mass is 32.1. The molecular formula is C22H38N2S. The fraction of sp³-hybridized carbons (Fsp3) is 0.682. The Kier molecular flexibility index (Phi) is 6.38. The molecule has 25 heavy (non-hydrogen) atoms. The van der Waals surface area contributed by atoms with Crippen molar-refractivity contribution in [1.82, 2.24) is 5.32 Å². The van der Waals surface area contributed by atoms with E-state index in [0.29, 0.717) is 5.11 Å². The van der Waals surface area contributed by atoms with Crippen LogP contribution >= 0.6 is 12.2 Å². The van der Waals surface area contributed by atoms with Gasteiger partial charge in [-0.05, 0) is 66.4 Å². The molecular weight excluding hydrogens is 324 g/mol. The second-order valence-electron chi connectivity index (χ2n) is 10.6. The highest BCUT2D eigenvalue weighted by molar-refractivity contribution is 7.80. The van der Waals surface area contributed by atoms with Crippen LogP contribution in [0, 0.1) is 10.8 Å². The van der Waals surface area contributed by atoms with E-state index in [2.05, 4.69) is 104 Å². The minimum absolute atomic E-state index is 0.0772. The van der Waals surface area contributed by atoms with Crippen LogP contribution in [0.2, 0.25) is 0 Å². The minimum atomic E-state index is -0.0772. The van der Waals surface area contributed by atoms with E-state index in [-0.39, 0.29) is 21.8 Å². The Bertz CT molecular complexity index is 584. The maximum Gasteiger partial charge on any atom is 0.171 e. The predicted octanol–water partition coefficient (Wildman–Crippen LogP) is 6.51. The monoisotopic (exact) mass is 362 g/mol. The number of benzene rings is 1. The lowest BCUT2D eigenvalue weighted by Crippen LogP contribution is -2.49. The minimum Gasteiger partial charge on any atom is -0.358 e. The van der Waals surface area contributed by atoms with E-state index in [0.717, 1.165) is 12.1 Å². The van der Waals surface area contributed by atoms with Crippen LogP contribution in [0.3, 0.4) is 0 Å². The van der Waals surface area contributed by atoms with Crippen LogP contribution < -0.4 is 10.6 Å². The summed E-state index contributed by atoms with van der Waals surface area (Å²) in [5.41, 5.74) is 2.88. The second kappa shape index (κ2) is 7.26. The molecule has 0 aliphatic rings. The van der Waals surface area contributed by atoms with Crippen molar-refractivity contribution in [2.75, 3.05) is 5.32 Å². The van der Waals surface area contributed by atoms with Crippen LogP contribution in [0.15, 0.2) is 24.3 Å². The quantitative estimate of drug-likeness (QED) is 0.597. The summed E-state index contributed by atoms with van der Waals surface area (Å²) in [6, 6.07) is 8.53. The van der Waals surface area contributed by atoms with Crippen LogP contribution in [0.5, 0.6) is 0 Å². The Morgan fingerprint density at radius 3 is 1.72 bits per heavy atom. The molecule has 0 saturated carbocycles. The van der Waals surface area contributed by atoms with E-state index in [4.69, 9.17) is 12.2 Å². The van der Waals surface area contributed by atoms with Gasteiger partial charge in [0.25, 0.3) is 0 Å². The van der Waals surface area contributed by atoms with Gasteiger partial charge in [0.05, 0.1) is 0 Å². The predicted molar refractivity (Wildman–Crippen MR) is 116 cm³/mol. The summed E-state index contributed by atoms with van der Waals surface area (Å²) in [6.45, 7) is 22.7. The van der Waals surface area contributed by atoms with Crippen LogP contribution in [-0.2, 0) is 5.41 Å². The van der Waals surface area contributed by atoms with Crippen LogP contribution in [0.1, 0.15) is 81.2 Å². The van der Waals surface area contributed by atoms with Crippen molar-refractivity contribution < 1.29 is 0 Å². The Balaban J connectivity index is 2.72.